The highest BCUT2D eigenvalue weighted by molar-refractivity contribution is 5.98. The number of imide groups is 1. The van der Waals surface area contributed by atoms with Crippen LogP contribution in [0.4, 0.5) is 0 Å². The minimum Gasteiger partial charge on any atom is -0.320 e. The first kappa shape index (κ1) is 14.3. The smallest absolute Gasteiger partial charge is 0.243 e. The highest BCUT2D eigenvalue weighted by Gasteiger charge is 2.43. The van der Waals surface area contributed by atoms with Crippen molar-refractivity contribution in [2.75, 3.05) is 0 Å². The molecule has 0 heterocycles. The van der Waals surface area contributed by atoms with E-state index in [0.717, 1.165) is 24.8 Å². The average Bonchev–Trinajstić information content (AvgIpc) is 3.11. The van der Waals surface area contributed by atoms with Crippen LogP contribution < -0.4 is 11.1 Å². The Morgan fingerprint density at radius 2 is 1.95 bits per heavy atom. The fourth-order valence-electron chi connectivity index (χ4n) is 3.83. The van der Waals surface area contributed by atoms with Crippen molar-refractivity contribution in [3.63, 3.8) is 0 Å². The standard InChI is InChI=1S/C17H22N2O2/c18-15(10-11-4-2-1-3-5-11)17(21)19-16(20)14-9-12-6-7-13(14)8-12/h1-5,12-15H,6-10,18H2,(H,19,20,21)/t12?,13?,14?,15-/m0/s1. The molecule has 0 saturated heterocycles. The van der Waals surface area contributed by atoms with Crippen molar-refractivity contribution < 1.29 is 9.59 Å². The second kappa shape index (κ2) is 5.98. The van der Waals surface area contributed by atoms with Crippen LogP contribution >= 0.6 is 0 Å². The molecule has 2 aliphatic rings. The quantitative estimate of drug-likeness (QED) is 0.883. The van der Waals surface area contributed by atoms with E-state index in [1.54, 1.807) is 0 Å². The monoisotopic (exact) mass is 286 g/mol. The van der Waals surface area contributed by atoms with Gasteiger partial charge in [0.15, 0.2) is 0 Å². The summed E-state index contributed by atoms with van der Waals surface area (Å²) in [6, 6.07) is 8.96. The van der Waals surface area contributed by atoms with Crippen molar-refractivity contribution in [3.8, 4) is 0 Å². The predicted molar refractivity (Wildman–Crippen MR) is 80.2 cm³/mol. The maximum absolute atomic E-state index is 12.2. The van der Waals surface area contributed by atoms with Crippen molar-refractivity contribution >= 4 is 11.8 Å². The van der Waals surface area contributed by atoms with Gasteiger partial charge in [-0.2, -0.15) is 0 Å². The first-order chi connectivity index (χ1) is 10.1. The summed E-state index contributed by atoms with van der Waals surface area (Å²) in [6.07, 6.45) is 4.93. The lowest BCUT2D eigenvalue weighted by molar-refractivity contribution is -0.134. The molecule has 3 unspecified atom stereocenters. The summed E-state index contributed by atoms with van der Waals surface area (Å²) in [5.74, 6) is 0.728. The van der Waals surface area contributed by atoms with Crippen LogP contribution in [0, 0.1) is 17.8 Å². The number of hydrogen-bond donors (Lipinski definition) is 2. The van der Waals surface area contributed by atoms with Gasteiger partial charge in [-0.15, -0.1) is 0 Å². The number of nitrogens with two attached hydrogens (primary N) is 1. The number of amides is 2. The van der Waals surface area contributed by atoms with Gasteiger partial charge in [-0.05, 0) is 43.1 Å². The highest BCUT2D eigenvalue weighted by atomic mass is 16.2. The molecule has 21 heavy (non-hydrogen) atoms. The van der Waals surface area contributed by atoms with Gasteiger partial charge >= 0.3 is 0 Å². The van der Waals surface area contributed by atoms with Crippen LogP contribution in [0.15, 0.2) is 30.3 Å². The van der Waals surface area contributed by atoms with Crippen molar-refractivity contribution in [1.29, 1.82) is 0 Å². The zero-order valence-electron chi connectivity index (χ0n) is 12.1. The van der Waals surface area contributed by atoms with E-state index in [4.69, 9.17) is 5.73 Å². The fraction of sp³-hybridized carbons (Fsp3) is 0.529. The fourth-order valence-corrected chi connectivity index (χ4v) is 3.83. The third kappa shape index (κ3) is 3.16. The summed E-state index contributed by atoms with van der Waals surface area (Å²) in [5, 5.41) is 2.52. The number of hydrogen-bond acceptors (Lipinski definition) is 3. The molecule has 0 radical (unpaired) electrons. The number of nitrogens with one attached hydrogen (secondary N) is 1. The van der Waals surface area contributed by atoms with Gasteiger partial charge in [0.25, 0.3) is 0 Å². The van der Waals surface area contributed by atoms with Gasteiger partial charge in [-0.25, -0.2) is 0 Å². The van der Waals surface area contributed by atoms with Crippen LogP contribution in [0.5, 0.6) is 0 Å². The lowest BCUT2D eigenvalue weighted by atomic mass is 9.88. The molecule has 1 aromatic rings. The molecule has 2 aliphatic carbocycles. The van der Waals surface area contributed by atoms with E-state index in [2.05, 4.69) is 5.32 Å². The summed E-state index contributed by atoms with van der Waals surface area (Å²) in [6.45, 7) is 0. The number of fused-ring (bicyclic) bond motifs is 2. The zero-order valence-corrected chi connectivity index (χ0v) is 12.1. The van der Waals surface area contributed by atoms with Crippen molar-refractivity contribution in [1.82, 2.24) is 5.32 Å². The van der Waals surface area contributed by atoms with Crippen LogP contribution in [0.3, 0.4) is 0 Å². The van der Waals surface area contributed by atoms with E-state index in [1.165, 1.54) is 6.42 Å². The van der Waals surface area contributed by atoms with Gasteiger partial charge in [0, 0.05) is 5.92 Å². The Labute approximate surface area is 125 Å². The largest absolute Gasteiger partial charge is 0.320 e. The number of rotatable bonds is 4. The molecular weight excluding hydrogens is 264 g/mol. The molecule has 4 nitrogen and oxygen atoms in total. The number of carbonyl (C=O) groups is 2. The van der Waals surface area contributed by atoms with Crippen LogP contribution in [0.1, 0.15) is 31.2 Å². The van der Waals surface area contributed by atoms with Gasteiger partial charge in [0.05, 0.1) is 6.04 Å². The van der Waals surface area contributed by atoms with Crippen molar-refractivity contribution in [3.05, 3.63) is 35.9 Å². The van der Waals surface area contributed by atoms with Crippen LogP contribution in [-0.4, -0.2) is 17.9 Å². The highest BCUT2D eigenvalue weighted by Crippen LogP contribution is 2.48. The number of benzene rings is 1. The molecule has 0 aromatic heterocycles. The van der Waals surface area contributed by atoms with E-state index in [9.17, 15) is 9.59 Å². The molecule has 2 amide bonds. The topological polar surface area (TPSA) is 72.2 Å². The lowest BCUT2D eigenvalue weighted by Gasteiger charge is -2.21. The van der Waals surface area contributed by atoms with E-state index >= 15 is 0 Å². The van der Waals surface area contributed by atoms with Crippen LogP contribution in [0.2, 0.25) is 0 Å². The van der Waals surface area contributed by atoms with Gasteiger partial charge in [0.2, 0.25) is 11.8 Å². The molecule has 2 bridgehead atoms. The third-order valence-corrected chi connectivity index (χ3v) is 4.96. The normalized spacial score (nSPS) is 28.3. The Balaban J connectivity index is 1.52. The van der Waals surface area contributed by atoms with Crippen molar-refractivity contribution in [2.45, 2.75) is 38.1 Å². The summed E-state index contributed by atoms with van der Waals surface area (Å²) in [7, 11) is 0. The minimum atomic E-state index is -0.671. The summed E-state index contributed by atoms with van der Waals surface area (Å²) in [5.41, 5.74) is 6.91. The molecule has 3 rings (SSSR count). The molecule has 4 heteroatoms. The maximum atomic E-state index is 12.2. The van der Waals surface area contributed by atoms with Crippen molar-refractivity contribution in [2.24, 2.45) is 23.5 Å². The van der Waals surface area contributed by atoms with E-state index < -0.39 is 6.04 Å². The summed E-state index contributed by atoms with van der Waals surface area (Å²) in [4.78, 5) is 24.3. The van der Waals surface area contributed by atoms with Crippen LogP contribution in [-0.2, 0) is 16.0 Å². The van der Waals surface area contributed by atoms with Gasteiger partial charge in [-0.1, -0.05) is 36.8 Å². The molecule has 1 aromatic carbocycles. The van der Waals surface area contributed by atoms with Gasteiger partial charge in [0.1, 0.15) is 0 Å². The second-order valence-corrected chi connectivity index (χ2v) is 6.43. The molecule has 0 aliphatic heterocycles. The molecule has 112 valence electrons. The molecule has 2 fully saturated rings. The molecular formula is C17H22N2O2. The summed E-state index contributed by atoms with van der Waals surface area (Å²) < 4.78 is 0. The Bertz CT molecular complexity index is 529. The maximum Gasteiger partial charge on any atom is 0.243 e. The van der Waals surface area contributed by atoms with Crippen LogP contribution in [0.25, 0.3) is 0 Å². The minimum absolute atomic E-state index is 0.0247. The molecule has 3 N–H and O–H groups in total. The first-order valence-corrected chi connectivity index (χ1v) is 7.77. The SMILES string of the molecule is N[C@@H](Cc1ccccc1)C(=O)NC(=O)C1CC2CCC1C2. The second-order valence-electron chi connectivity index (χ2n) is 6.43. The van der Waals surface area contributed by atoms with Gasteiger partial charge in [-0.3, -0.25) is 14.9 Å². The Morgan fingerprint density at radius 1 is 1.19 bits per heavy atom. The molecule has 2 saturated carbocycles. The average molecular weight is 286 g/mol. The van der Waals surface area contributed by atoms with E-state index in [1.807, 2.05) is 30.3 Å². The van der Waals surface area contributed by atoms with Gasteiger partial charge < -0.3 is 5.73 Å². The third-order valence-electron chi connectivity index (χ3n) is 4.96. The lowest BCUT2D eigenvalue weighted by Crippen LogP contribution is -2.47. The summed E-state index contributed by atoms with van der Waals surface area (Å²) >= 11 is 0. The van der Waals surface area contributed by atoms with E-state index in [-0.39, 0.29) is 17.7 Å². The van der Waals surface area contributed by atoms with E-state index in [0.29, 0.717) is 18.3 Å². The Kier molecular flexibility index (Phi) is 4.06. The zero-order chi connectivity index (χ0) is 14.8. The molecule has 4 atom stereocenters. The Hall–Kier alpha value is -1.68. The number of carbonyl (C=O) groups excluding carboxylic acids is 2. The first-order valence-electron chi connectivity index (χ1n) is 7.77. The predicted octanol–water partition coefficient (Wildman–Crippen LogP) is 1.64. The Morgan fingerprint density at radius 3 is 2.57 bits per heavy atom. The molecule has 0 spiro atoms.